The van der Waals surface area contributed by atoms with Crippen molar-refractivity contribution >= 4 is 23.5 Å². The lowest BCUT2D eigenvalue weighted by Crippen LogP contribution is -2.12. The van der Waals surface area contributed by atoms with E-state index in [1.165, 1.54) is 0 Å². The second kappa shape index (κ2) is 8.32. The molecule has 3 heterocycles. The van der Waals surface area contributed by atoms with Crippen LogP contribution in [0.4, 0.5) is 23.5 Å². The van der Waals surface area contributed by atoms with Crippen LogP contribution in [0.5, 0.6) is 5.88 Å². The quantitative estimate of drug-likeness (QED) is 0.477. The Bertz CT molecular complexity index is 1190. The van der Waals surface area contributed by atoms with Crippen molar-refractivity contribution < 1.29 is 9.26 Å². The summed E-state index contributed by atoms with van der Waals surface area (Å²) < 4.78 is 10.9. The third-order valence-corrected chi connectivity index (χ3v) is 4.15. The van der Waals surface area contributed by atoms with Crippen molar-refractivity contribution in [2.75, 3.05) is 17.3 Å². The highest BCUT2D eigenvalue weighted by Gasteiger charge is 2.13. The van der Waals surface area contributed by atoms with Crippen LogP contribution in [0, 0.1) is 18.3 Å². The van der Waals surface area contributed by atoms with Gasteiger partial charge in [-0.3, -0.25) is 10.00 Å². The first-order valence-corrected chi connectivity index (χ1v) is 9.05. The Labute approximate surface area is 172 Å². The molecule has 0 amide bonds. The number of hydrogen-bond donors (Lipinski definition) is 2. The van der Waals surface area contributed by atoms with Gasteiger partial charge in [-0.25, -0.2) is 4.98 Å². The molecule has 0 radical (unpaired) electrons. The van der Waals surface area contributed by atoms with Crippen LogP contribution in [-0.2, 0) is 6.61 Å². The SMILES string of the molecule is Cc1cc(N(C)c2nccc(Nc3cc(OCc4cccc(C#N)c4)n[nH]3)n2)on1. The number of nitrogens with zero attached hydrogens (tertiary/aromatic N) is 6. The molecule has 0 spiro atoms. The van der Waals surface area contributed by atoms with E-state index in [1.807, 2.05) is 19.1 Å². The summed E-state index contributed by atoms with van der Waals surface area (Å²) in [7, 11) is 1.79. The number of hydrogen-bond acceptors (Lipinski definition) is 9. The van der Waals surface area contributed by atoms with Crippen LogP contribution in [0.2, 0.25) is 0 Å². The van der Waals surface area contributed by atoms with Gasteiger partial charge < -0.3 is 14.6 Å². The molecular formula is C20H18N8O2. The van der Waals surface area contributed by atoms with E-state index >= 15 is 0 Å². The molecule has 0 saturated heterocycles. The Morgan fingerprint density at radius 3 is 2.97 bits per heavy atom. The lowest BCUT2D eigenvalue weighted by molar-refractivity contribution is 0.293. The van der Waals surface area contributed by atoms with Crippen LogP contribution < -0.4 is 15.0 Å². The summed E-state index contributed by atoms with van der Waals surface area (Å²) in [4.78, 5) is 10.4. The molecule has 4 aromatic rings. The summed E-state index contributed by atoms with van der Waals surface area (Å²) in [5.41, 5.74) is 2.25. The zero-order valence-corrected chi connectivity index (χ0v) is 16.3. The van der Waals surface area contributed by atoms with Crippen LogP contribution in [0.1, 0.15) is 16.8 Å². The smallest absolute Gasteiger partial charge is 0.235 e. The van der Waals surface area contributed by atoms with Gasteiger partial charge in [0.15, 0.2) is 0 Å². The lowest BCUT2D eigenvalue weighted by atomic mass is 10.1. The largest absolute Gasteiger partial charge is 0.472 e. The fourth-order valence-electron chi connectivity index (χ4n) is 2.65. The molecule has 30 heavy (non-hydrogen) atoms. The Hall–Kier alpha value is -4.39. The predicted octanol–water partition coefficient (Wildman–Crippen LogP) is 3.46. The molecule has 0 aliphatic carbocycles. The van der Waals surface area contributed by atoms with E-state index in [4.69, 9.17) is 14.5 Å². The van der Waals surface area contributed by atoms with Crippen molar-refractivity contribution in [2.45, 2.75) is 13.5 Å². The van der Waals surface area contributed by atoms with E-state index in [2.05, 4.69) is 36.7 Å². The summed E-state index contributed by atoms with van der Waals surface area (Å²) >= 11 is 0. The molecule has 150 valence electrons. The van der Waals surface area contributed by atoms with Gasteiger partial charge in [0.2, 0.25) is 17.7 Å². The van der Waals surface area contributed by atoms with Crippen LogP contribution in [0.25, 0.3) is 0 Å². The van der Waals surface area contributed by atoms with Gasteiger partial charge in [0.25, 0.3) is 0 Å². The molecule has 1 aromatic carbocycles. The molecule has 0 saturated carbocycles. The number of H-pyrrole nitrogens is 1. The summed E-state index contributed by atoms with van der Waals surface area (Å²) in [5, 5.41) is 23.0. The number of aromatic amines is 1. The van der Waals surface area contributed by atoms with Gasteiger partial charge in [0.1, 0.15) is 18.2 Å². The summed E-state index contributed by atoms with van der Waals surface area (Å²) in [6, 6.07) is 14.6. The molecular weight excluding hydrogens is 384 g/mol. The van der Waals surface area contributed by atoms with Crippen molar-refractivity contribution in [3.63, 3.8) is 0 Å². The number of aryl methyl sites for hydroxylation is 1. The van der Waals surface area contributed by atoms with Gasteiger partial charge in [0.05, 0.1) is 17.3 Å². The van der Waals surface area contributed by atoms with E-state index in [0.29, 0.717) is 41.5 Å². The average molecular weight is 402 g/mol. The molecule has 4 rings (SSSR count). The molecule has 0 aliphatic heterocycles. The van der Waals surface area contributed by atoms with Gasteiger partial charge in [-0.1, -0.05) is 17.3 Å². The van der Waals surface area contributed by atoms with Gasteiger partial charge >= 0.3 is 0 Å². The van der Waals surface area contributed by atoms with Crippen molar-refractivity contribution in [2.24, 2.45) is 0 Å². The third-order valence-electron chi connectivity index (χ3n) is 4.15. The standard InChI is InChI=1S/C20H18N8O2/c1-13-8-19(30-27-13)28(2)20-22-7-6-16(24-20)23-17-10-18(26-25-17)29-12-15-5-3-4-14(9-15)11-21/h3-10H,12H2,1-2H3,(H2,22,23,24,25,26). The van der Waals surface area contributed by atoms with Crippen molar-refractivity contribution in [1.29, 1.82) is 5.26 Å². The van der Waals surface area contributed by atoms with Crippen molar-refractivity contribution in [1.82, 2.24) is 25.3 Å². The van der Waals surface area contributed by atoms with Crippen molar-refractivity contribution in [3.05, 3.63) is 65.5 Å². The van der Waals surface area contributed by atoms with Crippen LogP contribution in [-0.4, -0.2) is 32.4 Å². The molecule has 2 N–H and O–H groups in total. The molecule has 0 aliphatic rings. The highest BCUT2D eigenvalue weighted by atomic mass is 16.5. The zero-order chi connectivity index (χ0) is 20.9. The monoisotopic (exact) mass is 402 g/mol. The second-order valence-corrected chi connectivity index (χ2v) is 6.45. The predicted molar refractivity (Wildman–Crippen MR) is 109 cm³/mol. The Morgan fingerprint density at radius 2 is 2.17 bits per heavy atom. The number of ether oxygens (including phenoxy) is 1. The average Bonchev–Trinajstić information content (AvgIpc) is 3.41. The summed E-state index contributed by atoms with van der Waals surface area (Å²) in [6.45, 7) is 2.15. The Morgan fingerprint density at radius 1 is 1.27 bits per heavy atom. The molecule has 3 aromatic heterocycles. The number of anilines is 4. The fourth-order valence-corrected chi connectivity index (χ4v) is 2.65. The molecule has 10 heteroatoms. The number of benzene rings is 1. The minimum absolute atomic E-state index is 0.304. The van der Waals surface area contributed by atoms with E-state index in [1.54, 1.807) is 48.5 Å². The first-order chi connectivity index (χ1) is 14.6. The number of aromatic nitrogens is 5. The maximum atomic E-state index is 8.97. The van der Waals surface area contributed by atoms with E-state index in [9.17, 15) is 0 Å². The van der Waals surface area contributed by atoms with E-state index in [-0.39, 0.29) is 0 Å². The first kappa shape index (κ1) is 18.9. The maximum Gasteiger partial charge on any atom is 0.235 e. The second-order valence-electron chi connectivity index (χ2n) is 6.45. The highest BCUT2D eigenvalue weighted by Crippen LogP contribution is 2.23. The fraction of sp³-hybridized carbons (Fsp3) is 0.150. The van der Waals surface area contributed by atoms with Gasteiger partial charge in [-0.05, 0) is 30.7 Å². The Kier molecular flexibility index (Phi) is 5.25. The zero-order valence-electron chi connectivity index (χ0n) is 16.3. The van der Waals surface area contributed by atoms with Gasteiger partial charge in [0, 0.05) is 25.4 Å². The van der Waals surface area contributed by atoms with E-state index in [0.717, 1.165) is 11.3 Å². The molecule has 0 unspecified atom stereocenters. The summed E-state index contributed by atoms with van der Waals surface area (Å²) in [5.74, 6) is 2.59. The molecule has 0 bridgehead atoms. The van der Waals surface area contributed by atoms with Gasteiger partial charge in [-0.2, -0.15) is 10.2 Å². The number of rotatable bonds is 7. The van der Waals surface area contributed by atoms with Crippen LogP contribution >= 0.6 is 0 Å². The summed E-state index contributed by atoms with van der Waals surface area (Å²) in [6.07, 6.45) is 1.64. The van der Waals surface area contributed by atoms with Crippen LogP contribution in [0.3, 0.4) is 0 Å². The van der Waals surface area contributed by atoms with E-state index < -0.39 is 0 Å². The molecule has 0 fully saturated rings. The minimum atomic E-state index is 0.304. The Balaban J connectivity index is 1.40. The first-order valence-electron chi connectivity index (χ1n) is 9.05. The minimum Gasteiger partial charge on any atom is -0.472 e. The maximum absolute atomic E-state index is 8.97. The van der Waals surface area contributed by atoms with Gasteiger partial charge in [-0.15, -0.1) is 5.10 Å². The lowest BCUT2D eigenvalue weighted by Gasteiger charge is -2.13. The van der Waals surface area contributed by atoms with Crippen molar-refractivity contribution in [3.8, 4) is 11.9 Å². The highest BCUT2D eigenvalue weighted by molar-refractivity contribution is 5.56. The van der Waals surface area contributed by atoms with Crippen LogP contribution in [0.15, 0.2) is 53.2 Å². The topological polar surface area (TPSA) is 129 Å². The number of nitriles is 1. The normalized spacial score (nSPS) is 10.4. The number of nitrogens with one attached hydrogen (secondary N) is 2. The molecule has 0 atom stereocenters. The molecule has 10 nitrogen and oxygen atoms in total. The third kappa shape index (κ3) is 4.36.